The van der Waals surface area contributed by atoms with Gasteiger partial charge in [0.25, 0.3) is 0 Å². The molecule has 0 saturated carbocycles. The van der Waals surface area contributed by atoms with E-state index in [-0.39, 0.29) is 11.3 Å². The Hall–Kier alpha value is -2.53. The molecule has 0 amide bonds. The normalized spacial score (nSPS) is 18.8. The van der Waals surface area contributed by atoms with Crippen molar-refractivity contribution in [3.8, 4) is 11.5 Å². The maximum Gasteiger partial charge on any atom is 0.339 e. The highest BCUT2D eigenvalue weighted by Crippen LogP contribution is 2.41. The smallest absolute Gasteiger partial charge is 0.339 e. The van der Waals surface area contributed by atoms with Crippen LogP contribution in [0.5, 0.6) is 11.5 Å². The zero-order valence-corrected chi connectivity index (χ0v) is 17.1. The SMILES string of the molecule is C=C(CCC=C(C)C)[C@H](O)CC[C@]1(C)C=Cc2c(cc(C)c(C(=O)O)c2O)O1. The molecule has 0 unspecified atom stereocenters. The number of phenols is 1. The van der Waals surface area contributed by atoms with E-state index in [0.717, 1.165) is 18.4 Å². The van der Waals surface area contributed by atoms with Crippen LogP contribution < -0.4 is 4.74 Å². The first-order valence-electron chi connectivity index (χ1n) is 9.51. The molecule has 1 aromatic rings. The molecule has 3 N–H and O–H groups in total. The first-order chi connectivity index (χ1) is 13.0. The fourth-order valence-corrected chi connectivity index (χ4v) is 3.32. The molecule has 28 heavy (non-hydrogen) atoms. The molecule has 0 spiro atoms. The number of fused-ring (bicyclic) bond motifs is 1. The van der Waals surface area contributed by atoms with Gasteiger partial charge < -0.3 is 20.1 Å². The lowest BCUT2D eigenvalue weighted by atomic mass is 9.90. The van der Waals surface area contributed by atoms with Gasteiger partial charge in [-0.15, -0.1) is 0 Å². The first-order valence-corrected chi connectivity index (χ1v) is 9.51. The zero-order valence-electron chi connectivity index (χ0n) is 17.1. The number of hydrogen-bond donors (Lipinski definition) is 3. The van der Waals surface area contributed by atoms with Crippen molar-refractivity contribution in [2.24, 2.45) is 0 Å². The second-order valence-corrected chi connectivity index (χ2v) is 7.91. The lowest BCUT2D eigenvalue weighted by molar-refractivity contribution is 0.0692. The Morgan fingerprint density at radius 3 is 2.68 bits per heavy atom. The number of carboxylic acids is 1. The fourth-order valence-electron chi connectivity index (χ4n) is 3.32. The molecule has 5 heteroatoms. The fraction of sp³-hybridized carbons (Fsp3) is 0.435. The summed E-state index contributed by atoms with van der Waals surface area (Å²) < 4.78 is 6.07. The summed E-state index contributed by atoms with van der Waals surface area (Å²) in [4.78, 5) is 11.3. The van der Waals surface area contributed by atoms with Crippen LogP contribution in [-0.2, 0) is 0 Å². The number of aliphatic hydroxyl groups excluding tert-OH is 1. The summed E-state index contributed by atoms with van der Waals surface area (Å²) in [6, 6.07) is 1.63. The van der Waals surface area contributed by atoms with Crippen molar-refractivity contribution < 1.29 is 24.9 Å². The van der Waals surface area contributed by atoms with Gasteiger partial charge in [-0.3, -0.25) is 0 Å². The first kappa shape index (κ1) is 21.8. The minimum absolute atomic E-state index is 0.112. The van der Waals surface area contributed by atoms with E-state index in [1.807, 2.05) is 20.8 Å². The van der Waals surface area contributed by atoms with Crippen molar-refractivity contribution in [2.75, 3.05) is 0 Å². The second-order valence-electron chi connectivity index (χ2n) is 7.91. The average Bonchev–Trinajstić information content (AvgIpc) is 2.58. The summed E-state index contributed by atoms with van der Waals surface area (Å²) in [5, 5.41) is 30.0. The van der Waals surface area contributed by atoms with Crippen LogP contribution in [0.4, 0.5) is 0 Å². The zero-order chi connectivity index (χ0) is 21.1. The van der Waals surface area contributed by atoms with Gasteiger partial charge in [0.1, 0.15) is 22.7 Å². The highest BCUT2D eigenvalue weighted by molar-refractivity contribution is 5.95. The predicted molar refractivity (Wildman–Crippen MR) is 111 cm³/mol. The summed E-state index contributed by atoms with van der Waals surface area (Å²) >= 11 is 0. The van der Waals surface area contributed by atoms with Gasteiger partial charge in [-0.05, 0) is 82.7 Å². The number of ether oxygens (including phenoxy) is 1. The van der Waals surface area contributed by atoms with Gasteiger partial charge in [0.15, 0.2) is 0 Å². The van der Waals surface area contributed by atoms with Crippen LogP contribution in [0.1, 0.15) is 67.9 Å². The number of aryl methyl sites for hydroxylation is 1. The molecular weight excluding hydrogens is 356 g/mol. The van der Waals surface area contributed by atoms with E-state index < -0.39 is 17.7 Å². The highest BCUT2D eigenvalue weighted by Gasteiger charge is 2.31. The van der Waals surface area contributed by atoms with E-state index in [0.29, 0.717) is 29.7 Å². The van der Waals surface area contributed by atoms with Gasteiger partial charge in [-0.1, -0.05) is 18.2 Å². The third kappa shape index (κ3) is 5.04. The lowest BCUT2D eigenvalue weighted by Gasteiger charge is -2.33. The third-order valence-corrected chi connectivity index (χ3v) is 5.06. The van der Waals surface area contributed by atoms with Crippen molar-refractivity contribution in [1.82, 2.24) is 0 Å². The molecule has 152 valence electrons. The lowest BCUT2D eigenvalue weighted by Crippen LogP contribution is -2.33. The number of hydrogen-bond acceptors (Lipinski definition) is 4. The van der Waals surface area contributed by atoms with E-state index in [1.165, 1.54) is 5.57 Å². The molecular formula is C23H30O5. The number of aromatic carboxylic acids is 1. The largest absolute Gasteiger partial charge is 0.506 e. The molecule has 1 aromatic carbocycles. The van der Waals surface area contributed by atoms with Gasteiger partial charge in [0.05, 0.1) is 11.7 Å². The minimum Gasteiger partial charge on any atom is -0.506 e. The van der Waals surface area contributed by atoms with Gasteiger partial charge in [-0.25, -0.2) is 4.79 Å². The molecule has 1 heterocycles. The summed E-state index contributed by atoms with van der Waals surface area (Å²) in [6.45, 7) is 11.6. The molecule has 1 aliphatic rings. The van der Waals surface area contributed by atoms with Crippen molar-refractivity contribution in [1.29, 1.82) is 0 Å². The number of carbonyl (C=O) groups is 1. The molecule has 0 aromatic heterocycles. The van der Waals surface area contributed by atoms with Crippen LogP contribution in [0.2, 0.25) is 0 Å². The van der Waals surface area contributed by atoms with Crippen LogP contribution in [0.15, 0.2) is 35.9 Å². The molecule has 5 nitrogen and oxygen atoms in total. The Balaban J connectivity index is 2.06. The molecule has 1 aliphatic heterocycles. The number of rotatable bonds is 8. The Bertz CT molecular complexity index is 830. The molecule has 0 fully saturated rings. The van der Waals surface area contributed by atoms with Crippen molar-refractivity contribution >= 4 is 12.0 Å². The number of carboxylic acid groups (broad SMARTS) is 1. The maximum absolute atomic E-state index is 11.3. The second kappa shape index (κ2) is 8.65. The average molecular weight is 386 g/mol. The highest BCUT2D eigenvalue weighted by atomic mass is 16.5. The molecule has 2 rings (SSSR count). The minimum atomic E-state index is -1.17. The van der Waals surface area contributed by atoms with E-state index in [1.54, 1.807) is 25.1 Å². The molecule has 0 bridgehead atoms. The Kier molecular flexibility index (Phi) is 6.73. The summed E-state index contributed by atoms with van der Waals surface area (Å²) in [5.41, 5.74) is 2.09. The predicted octanol–water partition coefficient (Wildman–Crippen LogP) is 5.01. The van der Waals surface area contributed by atoms with E-state index >= 15 is 0 Å². The van der Waals surface area contributed by atoms with E-state index in [2.05, 4.69) is 12.7 Å². The van der Waals surface area contributed by atoms with Crippen molar-refractivity contribution in [2.45, 2.75) is 65.1 Å². The Morgan fingerprint density at radius 1 is 1.39 bits per heavy atom. The van der Waals surface area contributed by atoms with Crippen molar-refractivity contribution in [3.63, 3.8) is 0 Å². The van der Waals surface area contributed by atoms with E-state index in [9.17, 15) is 20.1 Å². The Labute approximate surface area is 166 Å². The van der Waals surface area contributed by atoms with Crippen LogP contribution in [0.3, 0.4) is 0 Å². The molecule has 0 saturated heterocycles. The molecule has 0 radical (unpaired) electrons. The van der Waals surface area contributed by atoms with E-state index in [4.69, 9.17) is 4.74 Å². The molecule has 0 aliphatic carbocycles. The monoisotopic (exact) mass is 386 g/mol. The summed E-state index contributed by atoms with van der Waals surface area (Å²) in [7, 11) is 0. The topological polar surface area (TPSA) is 87.0 Å². The van der Waals surface area contributed by atoms with Gasteiger partial charge in [0.2, 0.25) is 0 Å². The van der Waals surface area contributed by atoms with Crippen LogP contribution in [0.25, 0.3) is 6.08 Å². The third-order valence-electron chi connectivity index (χ3n) is 5.06. The van der Waals surface area contributed by atoms with Crippen LogP contribution in [-0.4, -0.2) is 33.0 Å². The summed E-state index contributed by atoms with van der Waals surface area (Å²) in [5.74, 6) is -1.01. The Morgan fingerprint density at radius 2 is 2.07 bits per heavy atom. The van der Waals surface area contributed by atoms with Crippen LogP contribution in [0, 0.1) is 6.92 Å². The number of aliphatic hydroxyl groups is 1. The van der Waals surface area contributed by atoms with Crippen molar-refractivity contribution in [3.05, 3.63) is 52.6 Å². The van der Waals surface area contributed by atoms with Gasteiger partial charge >= 0.3 is 5.97 Å². The van der Waals surface area contributed by atoms with Crippen LogP contribution >= 0.6 is 0 Å². The number of aromatic hydroxyl groups is 1. The van der Waals surface area contributed by atoms with Gasteiger partial charge in [0, 0.05) is 0 Å². The standard InChI is InChI=1S/C23H30O5/c1-14(2)7-6-8-15(3)18(24)10-12-23(5)11-9-17-19(28-23)13-16(4)20(21(17)25)22(26)27/h7,9,11,13,18,24-25H,3,6,8,10,12H2,1-2,4-5H3,(H,26,27)/t18-,23+/m1/s1. The van der Waals surface area contributed by atoms with Gasteiger partial charge in [-0.2, -0.15) is 0 Å². The molecule has 2 atom stereocenters. The summed E-state index contributed by atoms with van der Waals surface area (Å²) in [6.07, 6.45) is 7.69. The maximum atomic E-state index is 11.3. The quantitative estimate of drug-likeness (QED) is 0.547. The number of benzene rings is 1. The number of allylic oxidation sites excluding steroid dienone is 2.